The second kappa shape index (κ2) is 3.37. The molecule has 2 heterocycles. The van der Waals surface area contributed by atoms with Gasteiger partial charge in [0.1, 0.15) is 6.04 Å². The molecular weight excluding hydrogens is 198 g/mol. The normalized spacial score (nSPS) is 22.0. The molecule has 0 saturated heterocycles. The molecule has 3 nitrogen and oxygen atoms in total. The standard InChI is InChI=1S/C10H13NO2S/c1-6-5-7-8(14-6)3-4-11(2)9(7)10(12)13/h5,9H,3-4H2,1-2H3,(H,12,13). The van der Waals surface area contributed by atoms with Crippen molar-refractivity contribution in [3.8, 4) is 0 Å². The summed E-state index contributed by atoms with van der Waals surface area (Å²) in [5.74, 6) is -0.744. The van der Waals surface area contributed by atoms with Gasteiger partial charge in [0.2, 0.25) is 0 Å². The van der Waals surface area contributed by atoms with E-state index in [1.165, 1.54) is 9.75 Å². The number of thiophene rings is 1. The maximum absolute atomic E-state index is 11.1. The first kappa shape index (κ1) is 9.68. The molecule has 0 saturated carbocycles. The number of carboxylic acid groups (broad SMARTS) is 1. The predicted molar refractivity (Wildman–Crippen MR) is 55.8 cm³/mol. The van der Waals surface area contributed by atoms with Gasteiger partial charge in [-0.2, -0.15) is 0 Å². The molecule has 0 radical (unpaired) electrons. The Labute approximate surface area is 87.0 Å². The fourth-order valence-electron chi connectivity index (χ4n) is 1.97. The van der Waals surface area contributed by atoms with Crippen molar-refractivity contribution >= 4 is 17.3 Å². The van der Waals surface area contributed by atoms with Crippen LogP contribution in [0.5, 0.6) is 0 Å². The summed E-state index contributed by atoms with van der Waals surface area (Å²) >= 11 is 1.72. The number of carboxylic acids is 1. The van der Waals surface area contributed by atoms with Gasteiger partial charge in [-0.15, -0.1) is 11.3 Å². The van der Waals surface area contributed by atoms with Gasteiger partial charge in [0.05, 0.1) is 0 Å². The number of hydrogen-bond acceptors (Lipinski definition) is 3. The van der Waals surface area contributed by atoms with Gasteiger partial charge in [0.25, 0.3) is 0 Å². The molecule has 1 aliphatic heterocycles. The third kappa shape index (κ3) is 1.44. The molecule has 0 amide bonds. The third-order valence-corrected chi connectivity index (χ3v) is 3.75. The number of aliphatic carboxylic acids is 1. The highest BCUT2D eigenvalue weighted by atomic mass is 32.1. The summed E-state index contributed by atoms with van der Waals surface area (Å²) in [6.07, 6.45) is 0.980. The van der Waals surface area contributed by atoms with Gasteiger partial charge in [-0.3, -0.25) is 9.69 Å². The minimum absolute atomic E-state index is 0.441. The quantitative estimate of drug-likeness (QED) is 0.768. The predicted octanol–water partition coefficient (Wildman–Crippen LogP) is 1.67. The average Bonchev–Trinajstić information content (AvgIpc) is 2.43. The molecule has 0 aliphatic carbocycles. The first-order valence-corrected chi connectivity index (χ1v) is 5.43. The number of carbonyl (C=O) groups is 1. The van der Waals surface area contributed by atoms with Gasteiger partial charge in [-0.25, -0.2) is 0 Å². The molecule has 0 bridgehead atoms. The number of hydrogen-bond donors (Lipinski definition) is 1. The van der Waals surface area contributed by atoms with E-state index in [-0.39, 0.29) is 0 Å². The van der Waals surface area contributed by atoms with Gasteiger partial charge in [0, 0.05) is 16.3 Å². The summed E-state index contributed by atoms with van der Waals surface area (Å²) in [4.78, 5) is 15.4. The Morgan fingerprint density at radius 1 is 1.71 bits per heavy atom. The van der Waals surface area contributed by atoms with Crippen molar-refractivity contribution < 1.29 is 9.90 Å². The first-order valence-electron chi connectivity index (χ1n) is 4.62. The lowest BCUT2D eigenvalue weighted by molar-refractivity contribution is -0.143. The van der Waals surface area contributed by atoms with E-state index < -0.39 is 12.0 Å². The highest BCUT2D eigenvalue weighted by Gasteiger charge is 2.31. The maximum Gasteiger partial charge on any atom is 0.325 e. The molecule has 1 atom stereocenters. The van der Waals surface area contributed by atoms with Crippen LogP contribution in [0.25, 0.3) is 0 Å². The molecule has 1 aliphatic rings. The molecule has 14 heavy (non-hydrogen) atoms. The zero-order chi connectivity index (χ0) is 10.3. The molecule has 1 aromatic rings. The molecule has 76 valence electrons. The van der Waals surface area contributed by atoms with Crippen molar-refractivity contribution in [1.29, 1.82) is 0 Å². The largest absolute Gasteiger partial charge is 0.480 e. The molecule has 0 spiro atoms. The molecule has 2 rings (SSSR count). The van der Waals surface area contributed by atoms with Crippen molar-refractivity contribution in [2.24, 2.45) is 0 Å². The van der Waals surface area contributed by atoms with Crippen LogP contribution < -0.4 is 0 Å². The number of nitrogens with zero attached hydrogens (tertiary/aromatic N) is 1. The van der Waals surface area contributed by atoms with Crippen LogP contribution in [0.2, 0.25) is 0 Å². The Hall–Kier alpha value is -0.870. The van der Waals surface area contributed by atoms with Gasteiger partial charge in [-0.1, -0.05) is 0 Å². The molecule has 4 heteroatoms. The van der Waals surface area contributed by atoms with Crippen molar-refractivity contribution in [1.82, 2.24) is 4.90 Å². The minimum atomic E-state index is -0.744. The van der Waals surface area contributed by atoms with Gasteiger partial charge in [-0.05, 0) is 32.0 Å². The fourth-order valence-corrected chi connectivity index (χ4v) is 3.03. The Morgan fingerprint density at radius 3 is 3.07 bits per heavy atom. The van der Waals surface area contributed by atoms with Crippen molar-refractivity contribution in [3.05, 3.63) is 21.4 Å². The van der Waals surface area contributed by atoms with Gasteiger partial charge in [0.15, 0.2) is 0 Å². The molecular formula is C10H13NO2S. The highest BCUT2D eigenvalue weighted by Crippen LogP contribution is 2.34. The zero-order valence-corrected chi connectivity index (χ0v) is 9.10. The summed E-state index contributed by atoms with van der Waals surface area (Å²) in [7, 11) is 1.87. The number of fused-ring (bicyclic) bond motifs is 1. The monoisotopic (exact) mass is 211 g/mol. The van der Waals surface area contributed by atoms with Crippen LogP contribution in [-0.2, 0) is 11.2 Å². The Bertz CT molecular complexity index is 372. The smallest absolute Gasteiger partial charge is 0.325 e. The Kier molecular flexibility index (Phi) is 2.33. The van der Waals surface area contributed by atoms with Crippen molar-refractivity contribution in [3.63, 3.8) is 0 Å². The topological polar surface area (TPSA) is 40.5 Å². The van der Waals surface area contributed by atoms with Crippen LogP contribution in [-0.4, -0.2) is 29.6 Å². The van der Waals surface area contributed by atoms with Gasteiger partial charge >= 0.3 is 5.97 Å². The fraction of sp³-hybridized carbons (Fsp3) is 0.500. The second-order valence-corrected chi connectivity index (χ2v) is 5.05. The van der Waals surface area contributed by atoms with Crippen molar-refractivity contribution in [2.75, 3.05) is 13.6 Å². The van der Waals surface area contributed by atoms with E-state index in [9.17, 15) is 4.79 Å². The Balaban J connectivity index is 2.45. The SMILES string of the molecule is Cc1cc2c(s1)CCN(C)C2C(=O)O. The lowest BCUT2D eigenvalue weighted by Gasteiger charge is -2.29. The van der Waals surface area contributed by atoms with E-state index in [0.29, 0.717) is 0 Å². The van der Waals surface area contributed by atoms with Crippen LogP contribution in [0, 0.1) is 6.92 Å². The number of aryl methyl sites for hydroxylation is 1. The first-order chi connectivity index (χ1) is 6.59. The van der Waals surface area contributed by atoms with Crippen molar-refractivity contribution in [2.45, 2.75) is 19.4 Å². The summed E-state index contributed by atoms with van der Waals surface area (Å²) in [6.45, 7) is 2.87. The van der Waals surface area contributed by atoms with E-state index in [0.717, 1.165) is 18.5 Å². The third-order valence-electron chi connectivity index (χ3n) is 2.63. The van der Waals surface area contributed by atoms with E-state index in [1.54, 1.807) is 11.3 Å². The summed E-state index contributed by atoms with van der Waals surface area (Å²) in [5, 5.41) is 9.13. The van der Waals surface area contributed by atoms with Gasteiger partial charge < -0.3 is 5.11 Å². The lowest BCUT2D eigenvalue weighted by Crippen LogP contribution is -2.35. The Morgan fingerprint density at radius 2 is 2.43 bits per heavy atom. The lowest BCUT2D eigenvalue weighted by atomic mass is 10.0. The number of rotatable bonds is 1. The average molecular weight is 211 g/mol. The van der Waals surface area contributed by atoms with E-state index in [2.05, 4.69) is 0 Å². The van der Waals surface area contributed by atoms with Crippen LogP contribution >= 0.6 is 11.3 Å². The molecule has 0 aromatic carbocycles. The second-order valence-electron chi connectivity index (χ2n) is 3.71. The van der Waals surface area contributed by atoms with Crippen LogP contribution in [0.4, 0.5) is 0 Å². The minimum Gasteiger partial charge on any atom is -0.480 e. The van der Waals surface area contributed by atoms with E-state index in [1.807, 2.05) is 24.9 Å². The van der Waals surface area contributed by atoms with Crippen LogP contribution in [0.1, 0.15) is 21.4 Å². The molecule has 0 fully saturated rings. The highest BCUT2D eigenvalue weighted by molar-refractivity contribution is 7.12. The van der Waals surface area contributed by atoms with E-state index >= 15 is 0 Å². The van der Waals surface area contributed by atoms with Crippen LogP contribution in [0.3, 0.4) is 0 Å². The molecule has 1 unspecified atom stereocenters. The zero-order valence-electron chi connectivity index (χ0n) is 8.28. The van der Waals surface area contributed by atoms with Crippen LogP contribution in [0.15, 0.2) is 6.07 Å². The maximum atomic E-state index is 11.1. The molecule has 1 aromatic heterocycles. The summed E-state index contributed by atoms with van der Waals surface area (Å²) < 4.78 is 0. The number of likely N-dealkylation sites (N-methyl/N-ethyl adjacent to an activating group) is 1. The summed E-state index contributed by atoms with van der Waals surface area (Å²) in [5.41, 5.74) is 0.994. The van der Waals surface area contributed by atoms with E-state index in [4.69, 9.17) is 5.11 Å². The summed E-state index contributed by atoms with van der Waals surface area (Å²) in [6, 6.07) is 1.57. The molecule has 1 N–H and O–H groups in total.